The average molecular weight is 370 g/mol. The first-order chi connectivity index (χ1) is 12.9. The summed E-state index contributed by atoms with van der Waals surface area (Å²) in [6.07, 6.45) is -1.25. The van der Waals surface area contributed by atoms with Crippen LogP contribution in [-0.4, -0.2) is 31.1 Å². The minimum atomic E-state index is -1.26. The highest BCUT2D eigenvalue weighted by Crippen LogP contribution is 2.21. The molecule has 3 amide bonds. The molecule has 2 aromatic rings. The number of ether oxygens (including phenoxy) is 2. The molecule has 7 nitrogen and oxygen atoms in total. The van der Waals surface area contributed by atoms with E-state index in [1.54, 1.807) is 54.6 Å². The summed E-state index contributed by atoms with van der Waals surface area (Å²) >= 11 is 0. The lowest BCUT2D eigenvalue weighted by molar-refractivity contribution is -0.129. The van der Waals surface area contributed by atoms with E-state index in [0.717, 1.165) is 0 Å². The van der Waals surface area contributed by atoms with Crippen LogP contribution in [0, 0.1) is 0 Å². The summed E-state index contributed by atoms with van der Waals surface area (Å²) in [4.78, 5) is 36.3. The van der Waals surface area contributed by atoms with Crippen LogP contribution >= 0.6 is 0 Å². The van der Waals surface area contributed by atoms with Crippen LogP contribution in [0.2, 0.25) is 0 Å². The predicted molar refractivity (Wildman–Crippen MR) is 99.4 cm³/mol. The molecule has 0 aliphatic rings. The molecular formula is C20H22N2O5. The van der Waals surface area contributed by atoms with Gasteiger partial charge in [0, 0.05) is 12.6 Å². The molecule has 0 aromatic heterocycles. The Balaban J connectivity index is 2.17. The van der Waals surface area contributed by atoms with Crippen molar-refractivity contribution in [3.05, 3.63) is 65.7 Å². The minimum Gasteiger partial charge on any atom is -0.491 e. The van der Waals surface area contributed by atoms with Crippen LogP contribution in [-0.2, 0) is 9.53 Å². The maximum Gasteiger partial charge on any atom is 0.339 e. The monoisotopic (exact) mass is 370 g/mol. The quantitative estimate of drug-likeness (QED) is 0.763. The molecule has 0 saturated carbocycles. The summed E-state index contributed by atoms with van der Waals surface area (Å²) in [5, 5.41) is 4.41. The van der Waals surface area contributed by atoms with Crippen molar-refractivity contribution in [1.29, 1.82) is 0 Å². The molecule has 0 radical (unpaired) electrons. The second kappa shape index (κ2) is 9.38. The second-order valence-corrected chi connectivity index (χ2v) is 5.96. The number of carbonyl (C=O) groups excluding carboxylic acids is 3. The number of amides is 3. The van der Waals surface area contributed by atoms with Gasteiger partial charge in [-0.15, -0.1) is 0 Å². The molecular weight excluding hydrogens is 348 g/mol. The van der Waals surface area contributed by atoms with Crippen molar-refractivity contribution in [3.63, 3.8) is 0 Å². The van der Waals surface area contributed by atoms with Crippen molar-refractivity contribution in [2.75, 3.05) is 7.05 Å². The fourth-order valence-electron chi connectivity index (χ4n) is 2.26. The molecule has 0 saturated heterocycles. The number of benzene rings is 2. The van der Waals surface area contributed by atoms with Gasteiger partial charge in [-0.1, -0.05) is 30.3 Å². The van der Waals surface area contributed by atoms with Gasteiger partial charge in [0.25, 0.3) is 5.91 Å². The zero-order valence-corrected chi connectivity index (χ0v) is 15.4. The summed E-state index contributed by atoms with van der Waals surface area (Å²) in [6.45, 7) is 3.80. The van der Waals surface area contributed by atoms with Gasteiger partial charge in [0.2, 0.25) is 6.10 Å². The molecule has 0 spiro atoms. The van der Waals surface area contributed by atoms with E-state index in [9.17, 15) is 14.4 Å². The number of urea groups is 1. The summed E-state index contributed by atoms with van der Waals surface area (Å²) in [5.41, 5.74) is 0.715. The number of hydrogen-bond acceptors (Lipinski definition) is 5. The van der Waals surface area contributed by atoms with Gasteiger partial charge >= 0.3 is 12.0 Å². The molecule has 7 heteroatoms. The Bertz CT molecular complexity index is 788. The Morgan fingerprint density at radius 2 is 1.56 bits per heavy atom. The number of carbonyl (C=O) groups is 3. The lowest BCUT2D eigenvalue weighted by atomic mass is 10.1. The Morgan fingerprint density at radius 1 is 0.926 bits per heavy atom. The van der Waals surface area contributed by atoms with Crippen LogP contribution in [0.4, 0.5) is 4.79 Å². The first kappa shape index (κ1) is 20.0. The number of rotatable bonds is 6. The molecule has 0 aliphatic heterocycles. The third kappa shape index (κ3) is 5.85. The standard InChI is InChI=1S/C20H22N2O5/c1-13(2)26-16-11-9-15(10-12-16)19(24)27-17(14-7-5-4-6-8-14)18(23)22-20(25)21-3/h4-13,17H,1-3H3,(H2,21,22,23,25)/t17-/m1/s1. The molecule has 142 valence electrons. The van der Waals surface area contributed by atoms with Gasteiger partial charge in [-0.05, 0) is 38.1 Å². The van der Waals surface area contributed by atoms with Crippen LogP contribution in [0.1, 0.15) is 35.9 Å². The normalized spacial score (nSPS) is 11.4. The van der Waals surface area contributed by atoms with E-state index in [1.807, 2.05) is 13.8 Å². The van der Waals surface area contributed by atoms with Gasteiger partial charge in [0.15, 0.2) is 0 Å². The van der Waals surface area contributed by atoms with E-state index >= 15 is 0 Å². The molecule has 2 aromatic carbocycles. The zero-order chi connectivity index (χ0) is 19.8. The van der Waals surface area contributed by atoms with Gasteiger partial charge in [-0.2, -0.15) is 0 Å². The van der Waals surface area contributed by atoms with Gasteiger partial charge in [-0.25, -0.2) is 9.59 Å². The smallest absolute Gasteiger partial charge is 0.339 e. The van der Waals surface area contributed by atoms with Gasteiger partial charge in [0.1, 0.15) is 5.75 Å². The molecule has 0 aliphatic carbocycles. The van der Waals surface area contributed by atoms with E-state index in [1.165, 1.54) is 7.05 Å². The largest absolute Gasteiger partial charge is 0.491 e. The van der Waals surface area contributed by atoms with Crippen molar-refractivity contribution in [2.24, 2.45) is 0 Å². The molecule has 0 fully saturated rings. The Labute approximate surface area is 157 Å². The highest BCUT2D eigenvalue weighted by atomic mass is 16.5. The number of hydrogen-bond donors (Lipinski definition) is 2. The van der Waals surface area contributed by atoms with Crippen LogP contribution in [0.25, 0.3) is 0 Å². The molecule has 0 unspecified atom stereocenters. The Morgan fingerprint density at radius 3 is 2.11 bits per heavy atom. The van der Waals surface area contributed by atoms with Crippen molar-refractivity contribution in [3.8, 4) is 5.75 Å². The molecule has 2 N–H and O–H groups in total. The molecule has 2 rings (SSSR count). The van der Waals surface area contributed by atoms with E-state index < -0.39 is 24.0 Å². The predicted octanol–water partition coefficient (Wildman–Crippen LogP) is 2.83. The summed E-state index contributed by atoms with van der Waals surface area (Å²) in [7, 11) is 1.38. The summed E-state index contributed by atoms with van der Waals surface area (Å²) in [5.74, 6) is -0.806. The van der Waals surface area contributed by atoms with Crippen molar-refractivity contribution < 1.29 is 23.9 Å². The maximum atomic E-state index is 12.5. The number of esters is 1. The molecule has 27 heavy (non-hydrogen) atoms. The van der Waals surface area contributed by atoms with E-state index in [2.05, 4.69) is 10.6 Å². The van der Waals surface area contributed by atoms with Gasteiger partial charge in [-0.3, -0.25) is 10.1 Å². The van der Waals surface area contributed by atoms with E-state index in [4.69, 9.17) is 9.47 Å². The van der Waals surface area contributed by atoms with Gasteiger partial charge < -0.3 is 14.8 Å². The van der Waals surface area contributed by atoms with Crippen LogP contribution < -0.4 is 15.4 Å². The number of imide groups is 1. The fourth-order valence-corrected chi connectivity index (χ4v) is 2.26. The highest BCUT2D eigenvalue weighted by molar-refractivity contribution is 5.99. The maximum absolute atomic E-state index is 12.5. The lowest BCUT2D eigenvalue weighted by Gasteiger charge is -2.17. The Hall–Kier alpha value is -3.35. The minimum absolute atomic E-state index is 0.0127. The number of nitrogens with one attached hydrogen (secondary N) is 2. The van der Waals surface area contributed by atoms with Crippen LogP contribution in [0.5, 0.6) is 5.75 Å². The van der Waals surface area contributed by atoms with Crippen molar-refractivity contribution in [2.45, 2.75) is 26.1 Å². The molecule has 0 heterocycles. The summed E-state index contributed by atoms with van der Waals surface area (Å²) < 4.78 is 10.9. The lowest BCUT2D eigenvalue weighted by Crippen LogP contribution is -2.41. The average Bonchev–Trinajstić information content (AvgIpc) is 2.66. The first-order valence-electron chi connectivity index (χ1n) is 8.46. The third-order valence-electron chi connectivity index (χ3n) is 3.49. The molecule has 1 atom stereocenters. The second-order valence-electron chi connectivity index (χ2n) is 5.96. The van der Waals surface area contributed by atoms with E-state index in [-0.39, 0.29) is 11.7 Å². The Kier molecular flexibility index (Phi) is 6.93. The van der Waals surface area contributed by atoms with Crippen LogP contribution in [0.15, 0.2) is 54.6 Å². The summed E-state index contributed by atoms with van der Waals surface area (Å²) in [6, 6.07) is 14.2. The van der Waals surface area contributed by atoms with Crippen molar-refractivity contribution in [1.82, 2.24) is 10.6 Å². The van der Waals surface area contributed by atoms with E-state index in [0.29, 0.717) is 11.3 Å². The SMILES string of the molecule is CNC(=O)NC(=O)[C@H](OC(=O)c1ccc(OC(C)C)cc1)c1ccccc1. The topological polar surface area (TPSA) is 93.7 Å². The van der Waals surface area contributed by atoms with Crippen molar-refractivity contribution >= 4 is 17.9 Å². The van der Waals surface area contributed by atoms with Gasteiger partial charge in [0.05, 0.1) is 11.7 Å². The fraction of sp³-hybridized carbons (Fsp3) is 0.250. The highest BCUT2D eigenvalue weighted by Gasteiger charge is 2.26. The first-order valence-corrected chi connectivity index (χ1v) is 8.46. The zero-order valence-electron chi connectivity index (χ0n) is 15.4. The molecule has 0 bridgehead atoms. The third-order valence-corrected chi connectivity index (χ3v) is 3.49. The van der Waals surface area contributed by atoms with Crippen LogP contribution in [0.3, 0.4) is 0 Å².